The summed E-state index contributed by atoms with van der Waals surface area (Å²) in [6.45, 7) is 8.84. The van der Waals surface area contributed by atoms with Crippen molar-refractivity contribution in [2.45, 2.75) is 33.1 Å². The molecule has 0 radical (unpaired) electrons. The van der Waals surface area contributed by atoms with Gasteiger partial charge in [0.15, 0.2) is 0 Å². The third kappa shape index (κ3) is 5.80. The van der Waals surface area contributed by atoms with Gasteiger partial charge in [0.25, 0.3) is 0 Å². The lowest BCUT2D eigenvalue weighted by Gasteiger charge is -2.19. The summed E-state index contributed by atoms with van der Waals surface area (Å²) in [4.78, 5) is 9.70. The molecule has 0 fully saturated rings. The van der Waals surface area contributed by atoms with Gasteiger partial charge in [-0.2, -0.15) is 0 Å². The van der Waals surface area contributed by atoms with Gasteiger partial charge in [0.05, 0.1) is 11.2 Å². The van der Waals surface area contributed by atoms with E-state index in [1.807, 2.05) is 18.5 Å². The Morgan fingerprint density at radius 2 is 1.09 bits per heavy atom. The van der Waals surface area contributed by atoms with Crippen LogP contribution in [0.25, 0.3) is 66.7 Å². The minimum Gasteiger partial charge on any atom is -0.256 e. The van der Waals surface area contributed by atoms with Crippen molar-refractivity contribution >= 4 is 10.9 Å². The summed E-state index contributed by atoms with van der Waals surface area (Å²) in [5, 5.41) is 1.13. The number of benzene rings is 5. The van der Waals surface area contributed by atoms with E-state index in [2.05, 4.69) is 155 Å². The van der Waals surface area contributed by atoms with Crippen LogP contribution in [-0.4, -0.2) is 9.97 Å². The maximum atomic E-state index is 4.97. The largest absolute Gasteiger partial charge is 0.256 e. The van der Waals surface area contributed by atoms with Crippen LogP contribution in [0.2, 0.25) is 0 Å². The molecule has 2 nitrogen and oxygen atoms in total. The van der Waals surface area contributed by atoms with Crippen LogP contribution in [0.4, 0.5) is 0 Å². The van der Waals surface area contributed by atoms with Crippen LogP contribution >= 0.6 is 0 Å². The van der Waals surface area contributed by atoms with Crippen molar-refractivity contribution in [3.63, 3.8) is 0 Å². The maximum Gasteiger partial charge on any atom is 0.0786 e. The first-order valence-corrected chi connectivity index (χ1v) is 15.6. The molecule has 2 aromatic heterocycles. The van der Waals surface area contributed by atoms with Crippen LogP contribution in [0.5, 0.6) is 0 Å². The summed E-state index contributed by atoms with van der Waals surface area (Å²) in [6, 6.07) is 48.0. The Bertz CT molecular complexity index is 2140. The fourth-order valence-corrected chi connectivity index (χ4v) is 6.05. The highest BCUT2D eigenvalue weighted by Gasteiger charge is 2.16. The molecule has 2 heterocycles. The van der Waals surface area contributed by atoms with E-state index in [4.69, 9.17) is 9.97 Å². The number of hydrogen-bond donors (Lipinski definition) is 0. The van der Waals surface area contributed by atoms with Crippen LogP contribution in [-0.2, 0) is 5.41 Å². The van der Waals surface area contributed by atoms with E-state index in [1.54, 1.807) is 0 Å². The number of fused-ring (bicyclic) bond motifs is 1. The zero-order chi connectivity index (χ0) is 31.0. The van der Waals surface area contributed by atoms with E-state index < -0.39 is 0 Å². The van der Waals surface area contributed by atoms with Gasteiger partial charge in [-0.05, 0) is 99.3 Å². The first-order chi connectivity index (χ1) is 21.8. The predicted octanol–water partition coefficient (Wildman–Crippen LogP) is 11.6. The lowest BCUT2D eigenvalue weighted by atomic mass is 9.86. The average Bonchev–Trinajstić information content (AvgIpc) is 3.08. The number of nitrogens with zero attached hydrogens (tertiary/aromatic N) is 2. The molecule has 5 aromatic carbocycles. The standard InChI is InChI=1S/C43H36N2/c1-29-15-17-31(18-16-29)35-25-34(30-10-6-5-7-11-30)26-36(27-35)39-20-19-38(40-14-9-22-45-42(39)40)32-12-8-13-33(24-32)41-28-37(21-23-44-41)43(2,3)4/h5-28H,1-4H3. The molecule has 0 saturated heterocycles. The van der Waals surface area contributed by atoms with Crippen LogP contribution in [0, 0.1) is 6.92 Å². The van der Waals surface area contributed by atoms with Gasteiger partial charge in [-0.15, -0.1) is 0 Å². The highest BCUT2D eigenvalue weighted by molar-refractivity contribution is 6.03. The molecule has 0 bridgehead atoms. The molecule has 0 aliphatic rings. The molecule has 0 N–H and O–H groups in total. The molecular formula is C43H36N2. The third-order valence-electron chi connectivity index (χ3n) is 8.60. The van der Waals surface area contributed by atoms with Crippen molar-refractivity contribution in [3.8, 4) is 55.8 Å². The Morgan fingerprint density at radius 3 is 1.84 bits per heavy atom. The summed E-state index contributed by atoms with van der Waals surface area (Å²) in [6.07, 6.45) is 3.82. The van der Waals surface area contributed by atoms with Crippen LogP contribution in [0.1, 0.15) is 31.9 Å². The molecule has 0 saturated carbocycles. The monoisotopic (exact) mass is 580 g/mol. The van der Waals surface area contributed by atoms with Crippen LogP contribution in [0.15, 0.2) is 146 Å². The zero-order valence-corrected chi connectivity index (χ0v) is 26.3. The number of aryl methyl sites for hydroxylation is 1. The summed E-state index contributed by atoms with van der Waals surface area (Å²) < 4.78 is 0. The molecule has 0 spiro atoms. The molecule has 2 heteroatoms. The van der Waals surface area contributed by atoms with Crippen molar-refractivity contribution in [1.29, 1.82) is 0 Å². The van der Waals surface area contributed by atoms with E-state index in [-0.39, 0.29) is 5.41 Å². The van der Waals surface area contributed by atoms with Crippen molar-refractivity contribution in [2.75, 3.05) is 0 Å². The van der Waals surface area contributed by atoms with Crippen LogP contribution < -0.4 is 0 Å². The Kier molecular flexibility index (Phi) is 7.35. The molecule has 0 amide bonds. The summed E-state index contributed by atoms with van der Waals surface area (Å²) >= 11 is 0. The fourth-order valence-electron chi connectivity index (χ4n) is 6.05. The number of pyridine rings is 2. The number of aromatic nitrogens is 2. The normalized spacial score (nSPS) is 11.6. The van der Waals surface area contributed by atoms with Crippen molar-refractivity contribution in [2.24, 2.45) is 0 Å². The van der Waals surface area contributed by atoms with E-state index in [1.165, 1.54) is 33.4 Å². The van der Waals surface area contributed by atoms with E-state index in [9.17, 15) is 0 Å². The SMILES string of the molecule is Cc1ccc(-c2cc(-c3ccccc3)cc(-c3ccc(-c4cccc(-c5cc(C(C)(C)C)ccn5)c4)c4cccnc34)c2)cc1. The molecule has 0 aliphatic heterocycles. The quantitative estimate of drug-likeness (QED) is 0.202. The van der Waals surface area contributed by atoms with Crippen molar-refractivity contribution in [1.82, 2.24) is 9.97 Å². The summed E-state index contributed by atoms with van der Waals surface area (Å²) in [7, 11) is 0. The minimum absolute atomic E-state index is 0.0597. The number of hydrogen-bond acceptors (Lipinski definition) is 2. The smallest absolute Gasteiger partial charge is 0.0786 e. The van der Waals surface area contributed by atoms with Gasteiger partial charge < -0.3 is 0 Å². The molecule has 0 unspecified atom stereocenters. The topological polar surface area (TPSA) is 25.8 Å². The summed E-state index contributed by atoms with van der Waals surface area (Å²) in [5.41, 5.74) is 15.1. The first-order valence-electron chi connectivity index (χ1n) is 15.6. The molecule has 7 aromatic rings. The highest BCUT2D eigenvalue weighted by atomic mass is 14.7. The molecule has 0 aliphatic carbocycles. The van der Waals surface area contributed by atoms with Gasteiger partial charge in [0.1, 0.15) is 0 Å². The number of rotatable bonds is 5. The Morgan fingerprint density at radius 1 is 0.444 bits per heavy atom. The Balaban J connectivity index is 1.37. The van der Waals surface area contributed by atoms with Gasteiger partial charge in [-0.25, -0.2) is 0 Å². The summed E-state index contributed by atoms with van der Waals surface area (Å²) in [5.74, 6) is 0. The molecule has 7 rings (SSSR count). The lowest BCUT2D eigenvalue weighted by Crippen LogP contribution is -2.11. The third-order valence-corrected chi connectivity index (χ3v) is 8.60. The van der Waals surface area contributed by atoms with E-state index in [0.29, 0.717) is 0 Å². The second-order valence-electron chi connectivity index (χ2n) is 12.9. The van der Waals surface area contributed by atoms with Crippen molar-refractivity contribution < 1.29 is 0 Å². The zero-order valence-electron chi connectivity index (χ0n) is 26.3. The van der Waals surface area contributed by atoms with Crippen LogP contribution in [0.3, 0.4) is 0 Å². The van der Waals surface area contributed by atoms with E-state index in [0.717, 1.165) is 44.4 Å². The molecule has 0 atom stereocenters. The van der Waals surface area contributed by atoms with Gasteiger partial charge in [-0.3, -0.25) is 9.97 Å². The average molecular weight is 581 g/mol. The van der Waals surface area contributed by atoms with Crippen molar-refractivity contribution in [3.05, 3.63) is 157 Å². The molecular weight excluding hydrogens is 544 g/mol. The van der Waals surface area contributed by atoms with Gasteiger partial charge in [0.2, 0.25) is 0 Å². The predicted molar refractivity (Wildman–Crippen MR) is 190 cm³/mol. The van der Waals surface area contributed by atoms with Gasteiger partial charge >= 0.3 is 0 Å². The highest BCUT2D eigenvalue weighted by Crippen LogP contribution is 2.39. The molecule has 45 heavy (non-hydrogen) atoms. The Labute approximate surface area is 266 Å². The second kappa shape index (κ2) is 11.6. The van der Waals surface area contributed by atoms with E-state index >= 15 is 0 Å². The van der Waals surface area contributed by atoms with Gasteiger partial charge in [0, 0.05) is 28.9 Å². The Hall–Kier alpha value is -5.34. The molecule has 218 valence electrons. The lowest BCUT2D eigenvalue weighted by molar-refractivity contribution is 0.589. The first kappa shape index (κ1) is 28.4. The fraction of sp³-hybridized carbons (Fsp3) is 0.116. The van der Waals surface area contributed by atoms with Gasteiger partial charge in [-0.1, -0.05) is 117 Å². The minimum atomic E-state index is 0.0597. The second-order valence-corrected chi connectivity index (χ2v) is 12.9. The maximum absolute atomic E-state index is 4.97.